The van der Waals surface area contributed by atoms with E-state index in [0.29, 0.717) is 18.0 Å². The number of aromatic nitrogens is 1. The summed E-state index contributed by atoms with van der Waals surface area (Å²) in [5.74, 6) is 2.22. The number of carbonyl (C=O) groups is 1. The molecule has 8 nitrogen and oxygen atoms in total. The van der Waals surface area contributed by atoms with Crippen molar-refractivity contribution in [2.45, 2.75) is 42.9 Å². The van der Waals surface area contributed by atoms with Crippen LogP contribution in [0.25, 0.3) is 21.3 Å². The second kappa shape index (κ2) is 17.5. The number of fused-ring (bicyclic) bond motifs is 1. The molecule has 1 aromatic heterocycles. The van der Waals surface area contributed by atoms with E-state index >= 15 is 0 Å². The number of carbonyl (C=O) groups excluding carboxylic acids is 1. The van der Waals surface area contributed by atoms with E-state index in [2.05, 4.69) is 47.9 Å². The molecule has 7 aromatic rings. The van der Waals surface area contributed by atoms with Crippen molar-refractivity contribution < 1.29 is 24.1 Å². The third-order valence-corrected chi connectivity index (χ3v) is 12.0. The Morgan fingerprint density at radius 1 is 0.768 bits per heavy atom. The van der Waals surface area contributed by atoms with Crippen LogP contribution in [0.5, 0.6) is 11.5 Å². The van der Waals surface area contributed by atoms with Crippen molar-refractivity contribution >= 4 is 45.0 Å². The maximum atomic E-state index is 12.8. The summed E-state index contributed by atoms with van der Waals surface area (Å²) in [6.45, 7) is 2.52. The van der Waals surface area contributed by atoms with E-state index in [1.165, 1.54) is 4.70 Å². The highest BCUT2D eigenvalue weighted by Gasteiger charge is 2.38. The van der Waals surface area contributed by atoms with Crippen LogP contribution >= 0.6 is 23.1 Å². The molecule has 1 aliphatic heterocycles. The number of thiazole rings is 1. The summed E-state index contributed by atoms with van der Waals surface area (Å²) in [6, 6.07) is 49.1. The van der Waals surface area contributed by atoms with Crippen LogP contribution in [0.4, 0.5) is 10.5 Å². The standard InChI is InChI=1S/C46H41N3O5S2/c1-30-41(29-55-46-49-40-15-5-6-16-42(40)56-46)53-44(54-43(30)33-19-17-31(28-50)18-20-33)36-12-8-11-35(26-36)34-10-7-9-32(25-34)27-47-45(51)48-37-21-23-39(24-22-37)52-38-13-3-2-4-14-38/h2-26,30,41,43-44,50H,27-29H2,1H3,(H2,47,48,51)/t30-,41+,43+,44+/m0/s1. The normalized spacial score (nSPS) is 18.0. The smallest absolute Gasteiger partial charge is 0.319 e. The monoisotopic (exact) mass is 779 g/mol. The molecule has 0 bridgehead atoms. The van der Waals surface area contributed by atoms with Crippen LogP contribution in [0.3, 0.4) is 0 Å². The molecule has 0 spiro atoms. The number of para-hydroxylation sites is 2. The maximum absolute atomic E-state index is 12.8. The minimum atomic E-state index is -0.595. The molecule has 56 heavy (non-hydrogen) atoms. The predicted octanol–water partition coefficient (Wildman–Crippen LogP) is 11.2. The summed E-state index contributed by atoms with van der Waals surface area (Å²) in [4.78, 5) is 17.7. The number of nitrogens with one attached hydrogen (secondary N) is 2. The Morgan fingerprint density at radius 2 is 1.50 bits per heavy atom. The van der Waals surface area contributed by atoms with E-state index in [1.54, 1.807) is 23.1 Å². The van der Waals surface area contributed by atoms with Gasteiger partial charge in [-0.1, -0.05) is 110 Å². The van der Waals surface area contributed by atoms with Crippen molar-refractivity contribution in [1.82, 2.24) is 10.3 Å². The lowest BCUT2D eigenvalue weighted by Gasteiger charge is -2.41. The first kappa shape index (κ1) is 37.4. The van der Waals surface area contributed by atoms with E-state index in [9.17, 15) is 9.90 Å². The van der Waals surface area contributed by atoms with E-state index in [4.69, 9.17) is 19.2 Å². The van der Waals surface area contributed by atoms with E-state index in [-0.39, 0.29) is 30.8 Å². The van der Waals surface area contributed by atoms with Crippen LogP contribution < -0.4 is 15.4 Å². The average molecular weight is 780 g/mol. The molecule has 10 heteroatoms. The molecule has 6 aromatic carbocycles. The summed E-state index contributed by atoms with van der Waals surface area (Å²) in [5, 5.41) is 15.5. The fourth-order valence-corrected chi connectivity index (χ4v) is 8.95. The first-order chi connectivity index (χ1) is 27.5. The number of anilines is 1. The fraction of sp³-hybridized carbons (Fsp3) is 0.174. The number of aliphatic hydroxyl groups excluding tert-OH is 1. The van der Waals surface area contributed by atoms with Crippen molar-refractivity contribution in [3.05, 3.63) is 174 Å². The lowest BCUT2D eigenvalue weighted by molar-refractivity contribution is -0.268. The molecule has 0 saturated carbocycles. The summed E-state index contributed by atoms with van der Waals surface area (Å²) < 4.78 is 21.6. The van der Waals surface area contributed by atoms with Gasteiger partial charge in [-0.2, -0.15) is 0 Å². The molecular formula is C46H41N3O5S2. The van der Waals surface area contributed by atoms with Gasteiger partial charge in [0.25, 0.3) is 0 Å². The Balaban J connectivity index is 0.942. The highest BCUT2D eigenvalue weighted by Crippen LogP contribution is 2.44. The molecular weight excluding hydrogens is 739 g/mol. The van der Waals surface area contributed by atoms with Gasteiger partial charge in [0.05, 0.1) is 29.0 Å². The molecule has 1 saturated heterocycles. The van der Waals surface area contributed by atoms with Crippen LogP contribution in [0.15, 0.2) is 156 Å². The summed E-state index contributed by atoms with van der Waals surface area (Å²) in [7, 11) is 0. The van der Waals surface area contributed by atoms with Crippen molar-refractivity contribution in [3.63, 3.8) is 0 Å². The number of aliphatic hydroxyl groups is 1. The van der Waals surface area contributed by atoms with Gasteiger partial charge in [0, 0.05) is 29.5 Å². The Morgan fingerprint density at radius 3 is 2.29 bits per heavy atom. The Hall–Kier alpha value is -5.49. The van der Waals surface area contributed by atoms with Gasteiger partial charge in [0.2, 0.25) is 0 Å². The zero-order chi connectivity index (χ0) is 38.3. The van der Waals surface area contributed by atoms with Crippen molar-refractivity contribution in [2.75, 3.05) is 11.1 Å². The zero-order valence-corrected chi connectivity index (χ0v) is 32.3. The lowest BCUT2D eigenvalue weighted by atomic mass is 9.91. The first-order valence-electron chi connectivity index (χ1n) is 18.5. The quantitative estimate of drug-likeness (QED) is 0.106. The molecule has 4 atom stereocenters. The number of thioether (sulfide) groups is 1. The average Bonchev–Trinajstić information content (AvgIpc) is 3.67. The molecule has 8 rings (SSSR count). The zero-order valence-electron chi connectivity index (χ0n) is 30.7. The predicted molar refractivity (Wildman–Crippen MR) is 224 cm³/mol. The van der Waals surface area contributed by atoms with Gasteiger partial charge in [-0.25, -0.2) is 9.78 Å². The lowest BCUT2D eigenvalue weighted by Crippen LogP contribution is -2.38. The van der Waals surface area contributed by atoms with Crippen LogP contribution in [-0.2, 0) is 22.6 Å². The maximum Gasteiger partial charge on any atom is 0.319 e. The van der Waals surface area contributed by atoms with Gasteiger partial charge >= 0.3 is 6.03 Å². The molecule has 0 unspecified atom stereocenters. The van der Waals surface area contributed by atoms with Crippen LogP contribution in [0, 0.1) is 5.92 Å². The molecule has 0 radical (unpaired) electrons. The third kappa shape index (κ3) is 9.13. The number of hydrogen-bond acceptors (Lipinski definition) is 8. The van der Waals surface area contributed by atoms with Crippen molar-refractivity contribution in [2.24, 2.45) is 5.92 Å². The Bertz CT molecular complexity index is 2350. The number of hydrogen-bond donors (Lipinski definition) is 3. The van der Waals surface area contributed by atoms with Gasteiger partial charge in [-0.05, 0) is 88.5 Å². The largest absolute Gasteiger partial charge is 0.457 e. The van der Waals surface area contributed by atoms with E-state index in [0.717, 1.165) is 54.7 Å². The second-order valence-electron chi connectivity index (χ2n) is 13.7. The molecule has 0 aliphatic carbocycles. The second-order valence-corrected chi connectivity index (χ2v) is 16.0. The topological polar surface area (TPSA) is 102 Å². The molecule has 1 fully saturated rings. The summed E-state index contributed by atoms with van der Waals surface area (Å²) in [6.07, 6.45) is -0.924. The number of rotatable bonds is 12. The summed E-state index contributed by atoms with van der Waals surface area (Å²) >= 11 is 3.42. The first-order valence-corrected chi connectivity index (χ1v) is 20.3. The molecule has 2 heterocycles. The van der Waals surface area contributed by atoms with Crippen molar-refractivity contribution in [3.8, 4) is 22.6 Å². The molecule has 2 amide bonds. The van der Waals surface area contributed by atoms with Crippen LogP contribution in [0.2, 0.25) is 0 Å². The highest BCUT2D eigenvalue weighted by molar-refractivity contribution is 8.01. The minimum Gasteiger partial charge on any atom is -0.457 e. The Labute approximate surface area is 334 Å². The molecule has 1 aliphatic rings. The number of benzene rings is 6. The summed E-state index contributed by atoms with van der Waals surface area (Å²) in [5.41, 5.74) is 7.50. The highest BCUT2D eigenvalue weighted by atomic mass is 32.2. The van der Waals surface area contributed by atoms with E-state index in [1.807, 2.05) is 121 Å². The van der Waals surface area contributed by atoms with Gasteiger partial charge in [0.1, 0.15) is 11.5 Å². The van der Waals surface area contributed by atoms with Gasteiger partial charge in [-0.15, -0.1) is 11.3 Å². The SMILES string of the molecule is C[C@H]1[C@@H](CSc2nc3ccccc3s2)O[C@@H](c2cccc(-c3cccc(CNC(=O)Nc4ccc(Oc5ccccc5)cc4)c3)c2)O[C@H]1c1ccc(CO)cc1. The Kier molecular flexibility index (Phi) is 11.7. The molecule has 282 valence electrons. The van der Waals surface area contributed by atoms with E-state index < -0.39 is 6.29 Å². The van der Waals surface area contributed by atoms with Crippen molar-refractivity contribution in [1.29, 1.82) is 0 Å². The fourth-order valence-electron chi connectivity index (χ4n) is 6.69. The van der Waals surface area contributed by atoms with Gasteiger partial charge < -0.3 is 30.0 Å². The number of amides is 2. The third-order valence-electron chi connectivity index (χ3n) is 9.73. The minimum absolute atomic E-state index is 0.00768. The van der Waals surface area contributed by atoms with Crippen LogP contribution in [0.1, 0.15) is 41.6 Å². The number of urea groups is 1. The van der Waals surface area contributed by atoms with Gasteiger partial charge in [-0.3, -0.25) is 0 Å². The number of ether oxygens (including phenoxy) is 3. The van der Waals surface area contributed by atoms with Gasteiger partial charge in [0.15, 0.2) is 10.6 Å². The number of nitrogens with zero attached hydrogens (tertiary/aromatic N) is 1. The van der Waals surface area contributed by atoms with Crippen LogP contribution in [-0.4, -0.2) is 28.0 Å². The molecule has 3 N–H and O–H groups in total.